The summed E-state index contributed by atoms with van der Waals surface area (Å²) >= 11 is 0. The van der Waals surface area contributed by atoms with Crippen molar-refractivity contribution >= 4 is 17.5 Å². The minimum Gasteiger partial charge on any atom is -0.378 e. The van der Waals surface area contributed by atoms with E-state index >= 15 is 0 Å². The number of anilines is 2. The number of aryl methyl sites for hydroxylation is 1. The van der Waals surface area contributed by atoms with E-state index in [1.54, 1.807) is 6.20 Å². The van der Waals surface area contributed by atoms with E-state index in [2.05, 4.69) is 52.3 Å². The minimum atomic E-state index is -0.213. The summed E-state index contributed by atoms with van der Waals surface area (Å²) in [7, 11) is 0. The van der Waals surface area contributed by atoms with Crippen molar-refractivity contribution in [2.24, 2.45) is 5.41 Å². The number of ether oxygens (including phenoxy) is 1. The number of pyridine rings is 2. The predicted molar refractivity (Wildman–Crippen MR) is 116 cm³/mol. The van der Waals surface area contributed by atoms with Gasteiger partial charge in [0.15, 0.2) is 0 Å². The van der Waals surface area contributed by atoms with Gasteiger partial charge in [-0.15, -0.1) is 0 Å². The van der Waals surface area contributed by atoms with Crippen LogP contribution in [0.5, 0.6) is 0 Å². The number of hydrogen-bond acceptors (Lipinski definition) is 5. The maximum atomic E-state index is 12.2. The fourth-order valence-electron chi connectivity index (χ4n) is 3.17. The highest BCUT2D eigenvalue weighted by Crippen LogP contribution is 2.27. The lowest BCUT2D eigenvalue weighted by atomic mass is 9.92. The number of amides is 2. The van der Waals surface area contributed by atoms with Crippen molar-refractivity contribution in [1.82, 2.24) is 15.3 Å². The third kappa shape index (κ3) is 6.15. The fraction of sp³-hybridized carbons (Fsp3) is 0.500. The average Bonchev–Trinajstić information content (AvgIpc) is 2.69. The van der Waals surface area contributed by atoms with Crippen LogP contribution in [-0.2, 0) is 4.74 Å². The van der Waals surface area contributed by atoms with Crippen molar-refractivity contribution in [2.75, 3.05) is 43.1 Å². The Morgan fingerprint density at radius 2 is 1.97 bits per heavy atom. The van der Waals surface area contributed by atoms with Crippen LogP contribution in [0.3, 0.4) is 0 Å². The molecule has 0 aliphatic carbocycles. The molecule has 7 nitrogen and oxygen atoms in total. The molecular formula is C22H31N5O2. The fourth-order valence-corrected chi connectivity index (χ4v) is 3.17. The van der Waals surface area contributed by atoms with Crippen LogP contribution in [0.2, 0.25) is 0 Å². The summed E-state index contributed by atoms with van der Waals surface area (Å²) in [5, 5.41) is 5.80. The Morgan fingerprint density at radius 1 is 1.21 bits per heavy atom. The van der Waals surface area contributed by atoms with E-state index in [1.807, 2.05) is 25.3 Å². The number of morpholine rings is 1. The molecule has 3 heterocycles. The van der Waals surface area contributed by atoms with Gasteiger partial charge in [0.2, 0.25) is 0 Å². The van der Waals surface area contributed by atoms with Crippen LogP contribution in [0.25, 0.3) is 11.1 Å². The van der Waals surface area contributed by atoms with Crippen LogP contribution in [0.15, 0.2) is 30.6 Å². The first-order chi connectivity index (χ1) is 13.8. The SMILES string of the molecule is Cc1ncc(NC(=O)NCCC(C)(C)C)cc1-c1ccnc(N2CCOCC2)c1. The van der Waals surface area contributed by atoms with Crippen molar-refractivity contribution < 1.29 is 9.53 Å². The summed E-state index contributed by atoms with van der Waals surface area (Å²) in [5.41, 5.74) is 3.77. The van der Waals surface area contributed by atoms with E-state index in [0.717, 1.165) is 55.4 Å². The molecule has 0 unspecified atom stereocenters. The Labute approximate surface area is 172 Å². The molecule has 1 saturated heterocycles. The van der Waals surface area contributed by atoms with Gasteiger partial charge in [0.05, 0.1) is 25.1 Å². The second kappa shape index (κ2) is 9.22. The number of carbonyl (C=O) groups excluding carboxylic acids is 1. The largest absolute Gasteiger partial charge is 0.378 e. The van der Waals surface area contributed by atoms with Crippen LogP contribution >= 0.6 is 0 Å². The quantitative estimate of drug-likeness (QED) is 0.801. The first kappa shape index (κ1) is 21.0. The molecule has 0 spiro atoms. The third-order valence-corrected chi connectivity index (χ3v) is 4.90. The van der Waals surface area contributed by atoms with Crippen molar-refractivity contribution in [2.45, 2.75) is 34.1 Å². The summed E-state index contributed by atoms with van der Waals surface area (Å²) < 4.78 is 5.43. The van der Waals surface area contributed by atoms with Crippen LogP contribution in [-0.4, -0.2) is 48.8 Å². The van der Waals surface area contributed by atoms with Gasteiger partial charge in [-0.2, -0.15) is 0 Å². The van der Waals surface area contributed by atoms with Gasteiger partial charge in [-0.3, -0.25) is 4.98 Å². The lowest BCUT2D eigenvalue weighted by Crippen LogP contribution is -2.36. The normalized spacial score (nSPS) is 14.6. The highest BCUT2D eigenvalue weighted by Gasteiger charge is 2.15. The van der Waals surface area contributed by atoms with Crippen LogP contribution in [0.4, 0.5) is 16.3 Å². The topological polar surface area (TPSA) is 79.4 Å². The second-order valence-corrected chi connectivity index (χ2v) is 8.55. The first-order valence-electron chi connectivity index (χ1n) is 10.1. The summed E-state index contributed by atoms with van der Waals surface area (Å²) in [6, 6.07) is 5.79. The number of hydrogen-bond donors (Lipinski definition) is 2. The Balaban J connectivity index is 1.71. The van der Waals surface area contributed by atoms with Gasteiger partial charge < -0.3 is 20.3 Å². The van der Waals surface area contributed by atoms with Crippen LogP contribution < -0.4 is 15.5 Å². The van der Waals surface area contributed by atoms with Crippen LogP contribution in [0, 0.1) is 12.3 Å². The molecule has 2 aromatic rings. The molecule has 0 saturated carbocycles. The van der Waals surface area contributed by atoms with Gasteiger partial charge in [-0.25, -0.2) is 9.78 Å². The highest BCUT2D eigenvalue weighted by molar-refractivity contribution is 5.90. The smallest absolute Gasteiger partial charge is 0.319 e. The molecule has 0 aromatic carbocycles. The minimum absolute atomic E-state index is 0.186. The molecule has 0 radical (unpaired) electrons. The standard InChI is InChI=1S/C22H31N5O2/c1-16-19(17-5-7-23-20(13-17)27-9-11-29-12-10-27)14-18(15-25-16)26-21(28)24-8-6-22(2,3)4/h5,7,13-15H,6,8-12H2,1-4H3,(H2,24,26,28). The van der Waals surface area contributed by atoms with Gasteiger partial charge >= 0.3 is 6.03 Å². The second-order valence-electron chi connectivity index (χ2n) is 8.55. The zero-order valence-corrected chi connectivity index (χ0v) is 17.8. The summed E-state index contributed by atoms with van der Waals surface area (Å²) in [5.74, 6) is 0.934. The highest BCUT2D eigenvalue weighted by atomic mass is 16.5. The molecule has 29 heavy (non-hydrogen) atoms. The van der Waals surface area contributed by atoms with E-state index in [-0.39, 0.29) is 11.4 Å². The van der Waals surface area contributed by atoms with E-state index in [9.17, 15) is 4.79 Å². The lowest BCUT2D eigenvalue weighted by molar-refractivity contribution is 0.122. The van der Waals surface area contributed by atoms with Crippen molar-refractivity contribution in [3.05, 3.63) is 36.3 Å². The van der Waals surface area contributed by atoms with Gasteiger partial charge in [-0.1, -0.05) is 20.8 Å². The van der Waals surface area contributed by atoms with Gasteiger partial charge in [-0.05, 0) is 42.5 Å². The number of urea groups is 1. The first-order valence-corrected chi connectivity index (χ1v) is 10.1. The molecule has 1 aliphatic heterocycles. The molecule has 0 atom stereocenters. The maximum Gasteiger partial charge on any atom is 0.319 e. The summed E-state index contributed by atoms with van der Waals surface area (Å²) in [4.78, 5) is 23.4. The molecule has 2 N–H and O–H groups in total. The number of nitrogens with one attached hydrogen (secondary N) is 2. The van der Waals surface area contributed by atoms with E-state index < -0.39 is 0 Å². The number of aromatic nitrogens is 2. The monoisotopic (exact) mass is 397 g/mol. The summed E-state index contributed by atoms with van der Waals surface area (Å²) in [6.07, 6.45) is 4.42. The van der Waals surface area contributed by atoms with Crippen molar-refractivity contribution in [3.8, 4) is 11.1 Å². The van der Waals surface area contributed by atoms with Crippen LogP contribution in [0.1, 0.15) is 32.9 Å². The molecule has 0 bridgehead atoms. The Morgan fingerprint density at radius 3 is 2.69 bits per heavy atom. The third-order valence-electron chi connectivity index (χ3n) is 4.90. The van der Waals surface area contributed by atoms with Gasteiger partial charge in [0.1, 0.15) is 5.82 Å². The molecule has 2 amide bonds. The predicted octanol–water partition coefficient (Wildman–Crippen LogP) is 3.85. The lowest BCUT2D eigenvalue weighted by Gasteiger charge is -2.28. The number of rotatable bonds is 5. The average molecular weight is 398 g/mol. The molecular weight excluding hydrogens is 366 g/mol. The Hall–Kier alpha value is -2.67. The molecule has 156 valence electrons. The number of carbonyl (C=O) groups is 1. The maximum absolute atomic E-state index is 12.2. The zero-order valence-electron chi connectivity index (χ0n) is 17.8. The molecule has 2 aromatic heterocycles. The summed E-state index contributed by atoms with van der Waals surface area (Å²) in [6.45, 7) is 12.2. The molecule has 1 aliphatic rings. The Bertz CT molecular complexity index is 841. The molecule has 3 rings (SSSR count). The zero-order chi connectivity index (χ0) is 20.9. The number of nitrogens with zero attached hydrogens (tertiary/aromatic N) is 3. The van der Waals surface area contributed by atoms with E-state index in [4.69, 9.17) is 4.74 Å². The van der Waals surface area contributed by atoms with Gasteiger partial charge in [0, 0.05) is 37.1 Å². The van der Waals surface area contributed by atoms with Gasteiger partial charge in [0.25, 0.3) is 0 Å². The van der Waals surface area contributed by atoms with Crippen molar-refractivity contribution in [1.29, 1.82) is 0 Å². The molecule has 1 fully saturated rings. The van der Waals surface area contributed by atoms with Crippen molar-refractivity contribution in [3.63, 3.8) is 0 Å². The van der Waals surface area contributed by atoms with E-state index in [1.165, 1.54) is 0 Å². The van der Waals surface area contributed by atoms with E-state index in [0.29, 0.717) is 12.2 Å². The Kier molecular flexibility index (Phi) is 6.69. The molecule has 7 heteroatoms.